The number of hydrogen-bond donors (Lipinski definition) is 0. The Bertz CT molecular complexity index is 524. The van der Waals surface area contributed by atoms with Gasteiger partial charge in [0.1, 0.15) is 5.75 Å². The normalized spacial score (nSPS) is 12.5. The van der Waals surface area contributed by atoms with E-state index in [-0.39, 0.29) is 4.83 Å². The highest BCUT2D eigenvalue weighted by atomic mass is 79.9. The van der Waals surface area contributed by atoms with Crippen LogP contribution in [-0.2, 0) is 0 Å². The quantitative estimate of drug-likeness (QED) is 0.702. The van der Waals surface area contributed by atoms with Crippen LogP contribution in [0.25, 0.3) is 0 Å². The Kier molecular flexibility index (Phi) is 4.13. The molecule has 0 bridgehead atoms. The fraction of sp³-hybridized carbons (Fsp3) is 0.231. The Hall–Kier alpha value is -0.510. The van der Waals surface area contributed by atoms with E-state index in [4.69, 9.17) is 16.3 Å². The summed E-state index contributed by atoms with van der Waals surface area (Å²) in [5, 5.41) is 0. The molecule has 0 fully saturated rings. The standard InChI is InChI=1S/C13H12BrClOS/c1-8-3-4-9(7-10(8)16-2)13(14)11-5-6-12(15)17-11/h3-7,13H,1-2H3. The van der Waals surface area contributed by atoms with Crippen LogP contribution in [0.15, 0.2) is 30.3 Å². The molecule has 0 radical (unpaired) electrons. The molecule has 1 nitrogen and oxygen atoms in total. The average Bonchev–Trinajstić information content (AvgIpc) is 2.75. The summed E-state index contributed by atoms with van der Waals surface area (Å²) < 4.78 is 6.14. The van der Waals surface area contributed by atoms with Gasteiger partial charge in [-0.15, -0.1) is 11.3 Å². The van der Waals surface area contributed by atoms with Crippen LogP contribution in [0, 0.1) is 6.92 Å². The maximum absolute atomic E-state index is 5.95. The van der Waals surface area contributed by atoms with Crippen molar-refractivity contribution in [2.24, 2.45) is 0 Å². The molecule has 0 aliphatic heterocycles. The second-order valence-electron chi connectivity index (χ2n) is 3.73. The van der Waals surface area contributed by atoms with Gasteiger partial charge in [0.25, 0.3) is 0 Å². The molecule has 0 N–H and O–H groups in total. The van der Waals surface area contributed by atoms with E-state index >= 15 is 0 Å². The molecule has 0 spiro atoms. The van der Waals surface area contributed by atoms with Crippen molar-refractivity contribution in [3.63, 3.8) is 0 Å². The number of halogens is 2. The monoisotopic (exact) mass is 330 g/mol. The summed E-state index contributed by atoms with van der Waals surface area (Å²) in [4.78, 5) is 1.36. The van der Waals surface area contributed by atoms with Crippen molar-refractivity contribution in [2.45, 2.75) is 11.8 Å². The molecule has 0 aliphatic carbocycles. The first-order chi connectivity index (χ1) is 8.11. The first kappa shape index (κ1) is 12.9. The number of methoxy groups -OCH3 is 1. The zero-order valence-electron chi connectivity index (χ0n) is 9.54. The van der Waals surface area contributed by atoms with Gasteiger partial charge < -0.3 is 4.74 Å². The number of hydrogen-bond acceptors (Lipinski definition) is 2. The summed E-state index contributed by atoms with van der Waals surface area (Å²) in [5.74, 6) is 0.912. The first-order valence-electron chi connectivity index (χ1n) is 5.15. The molecule has 90 valence electrons. The Labute approximate surface area is 119 Å². The first-order valence-corrected chi connectivity index (χ1v) is 7.26. The summed E-state index contributed by atoms with van der Waals surface area (Å²) in [6.45, 7) is 2.04. The second kappa shape index (κ2) is 5.42. The number of thiophene rings is 1. The van der Waals surface area contributed by atoms with E-state index in [1.165, 1.54) is 10.4 Å². The van der Waals surface area contributed by atoms with Gasteiger partial charge in [-0.1, -0.05) is 39.7 Å². The summed E-state index contributed by atoms with van der Waals surface area (Å²) in [7, 11) is 1.69. The highest BCUT2D eigenvalue weighted by Gasteiger charge is 2.14. The lowest BCUT2D eigenvalue weighted by atomic mass is 10.1. The number of ether oxygens (including phenoxy) is 1. The van der Waals surface area contributed by atoms with Crippen LogP contribution in [0.3, 0.4) is 0 Å². The third kappa shape index (κ3) is 2.84. The Morgan fingerprint density at radius 2 is 2.06 bits per heavy atom. The fourth-order valence-electron chi connectivity index (χ4n) is 1.62. The summed E-state index contributed by atoms with van der Waals surface area (Å²) in [5.41, 5.74) is 2.31. The number of alkyl halides is 1. The lowest BCUT2D eigenvalue weighted by Gasteiger charge is -2.11. The molecule has 17 heavy (non-hydrogen) atoms. The lowest BCUT2D eigenvalue weighted by molar-refractivity contribution is 0.411. The van der Waals surface area contributed by atoms with E-state index in [0.717, 1.165) is 15.6 Å². The maximum atomic E-state index is 5.95. The molecule has 2 rings (SSSR count). The summed E-state index contributed by atoms with van der Waals surface area (Å²) in [6.07, 6.45) is 0. The van der Waals surface area contributed by atoms with E-state index in [1.807, 2.05) is 19.1 Å². The van der Waals surface area contributed by atoms with Crippen molar-refractivity contribution < 1.29 is 4.74 Å². The van der Waals surface area contributed by atoms with E-state index < -0.39 is 0 Å². The molecule has 1 heterocycles. The summed E-state index contributed by atoms with van der Waals surface area (Å²) in [6, 6.07) is 10.2. The van der Waals surface area contributed by atoms with Crippen LogP contribution in [0.2, 0.25) is 4.34 Å². The van der Waals surface area contributed by atoms with Crippen LogP contribution in [0.4, 0.5) is 0 Å². The largest absolute Gasteiger partial charge is 0.496 e. The van der Waals surface area contributed by atoms with Crippen LogP contribution >= 0.6 is 38.9 Å². The topological polar surface area (TPSA) is 9.23 Å². The SMILES string of the molecule is COc1cc(C(Br)c2ccc(Cl)s2)ccc1C. The smallest absolute Gasteiger partial charge is 0.122 e. The van der Waals surface area contributed by atoms with E-state index in [1.54, 1.807) is 18.4 Å². The van der Waals surface area contributed by atoms with Gasteiger partial charge in [-0.3, -0.25) is 0 Å². The molecule has 4 heteroatoms. The van der Waals surface area contributed by atoms with Gasteiger partial charge in [-0.25, -0.2) is 0 Å². The number of rotatable bonds is 3. The van der Waals surface area contributed by atoms with Crippen molar-refractivity contribution in [2.75, 3.05) is 7.11 Å². The van der Waals surface area contributed by atoms with Gasteiger partial charge in [-0.2, -0.15) is 0 Å². The Morgan fingerprint density at radius 3 is 2.65 bits per heavy atom. The minimum Gasteiger partial charge on any atom is -0.496 e. The van der Waals surface area contributed by atoms with Crippen molar-refractivity contribution in [3.05, 3.63) is 50.7 Å². The van der Waals surface area contributed by atoms with Gasteiger partial charge in [0.15, 0.2) is 0 Å². The molecule has 1 atom stereocenters. The highest BCUT2D eigenvalue weighted by Crippen LogP contribution is 2.38. The van der Waals surface area contributed by atoms with Crippen molar-refractivity contribution in [1.29, 1.82) is 0 Å². The maximum Gasteiger partial charge on any atom is 0.122 e. The predicted octanol–water partition coefficient (Wildman–Crippen LogP) is 5.20. The predicted molar refractivity (Wildman–Crippen MR) is 77.8 cm³/mol. The molecule has 0 saturated carbocycles. The third-order valence-corrected chi connectivity index (χ3v) is 5.19. The third-order valence-electron chi connectivity index (χ3n) is 2.57. The number of aryl methyl sites for hydroxylation is 1. The molecular formula is C13H12BrClOS. The highest BCUT2D eigenvalue weighted by molar-refractivity contribution is 9.09. The zero-order valence-corrected chi connectivity index (χ0v) is 12.7. The van der Waals surface area contributed by atoms with Crippen LogP contribution in [-0.4, -0.2) is 7.11 Å². The minimum absolute atomic E-state index is 0.162. The molecule has 0 aliphatic rings. The Balaban J connectivity index is 2.34. The molecular weight excluding hydrogens is 320 g/mol. The second-order valence-corrected chi connectivity index (χ2v) is 6.40. The van der Waals surface area contributed by atoms with Gasteiger partial charge in [0.05, 0.1) is 16.3 Å². The molecule has 0 amide bonds. The molecule has 1 aromatic carbocycles. The summed E-state index contributed by atoms with van der Waals surface area (Å²) >= 11 is 11.2. The van der Waals surface area contributed by atoms with Crippen molar-refractivity contribution >= 4 is 38.9 Å². The van der Waals surface area contributed by atoms with Gasteiger partial charge in [0, 0.05) is 4.88 Å². The lowest BCUT2D eigenvalue weighted by Crippen LogP contribution is -1.93. The van der Waals surface area contributed by atoms with Gasteiger partial charge >= 0.3 is 0 Å². The van der Waals surface area contributed by atoms with Crippen molar-refractivity contribution in [1.82, 2.24) is 0 Å². The minimum atomic E-state index is 0.162. The molecule has 1 aromatic heterocycles. The molecule has 2 aromatic rings. The van der Waals surface area contributed by atoms with Gasteiger partial charge in [0.2, 0.25) is 0 Å². The van der Waals surface area contributed by atoms with E-state index in [9.17, 15) is 0 Å². The van der Waals surface area contributed by atoms with Crippen LogP contribution < -0.4 is 4.74 Å². The molecule has 1 unspecified atom stereocenters. The van der Waals surface area contributed by atoms with Gasteiger partial charge in [-0.05, 0) is 36.2 Å². The van der Waals surface area contributed by atoms with Crippen LogP contribution in [0.5, 0.6) is 5.75 Å². The van der Waals surface area contributed by atoms with E-state index in [2.05, 4.69) is 34.1 Å². The Morgan fingerprint density at radius 1 is 1.29 bits per heavy atom. The zero-order chi connectivity index (χ0) is 12.4. The average molecular weight is 332 g/mol. The van der Waals surface area contributed by atoms with E-state index in [0.29, 0.717) is 0 Å². The number of benzene rings is 1. The van der Waals surface area contributed by atoms with Crippen molar-refractivity contribution in [3.8, 4) is 5.75 Å². The van der Waals surface area contributed by atoms with Crippen LogP contribution in [0.1, 0.15) is 20.8 Å². The molecule has 0 saturated heterocycles. The fourth-order valence-corrected chi connectivity index (χ4v) is 3.41.